The van der Waals surface area contributed by atoms with Gasteiger partial charge in [-0.1, -0.05) is 92.6 Å². The third-order valence-corrected chi connectivity index (χ3v) is 10.2. The molecule has 0 fully saturated rings. The van der Waals surface area contributed by atoms with E-state index in [-0.39, 0.29) is 16.2 Å². The van der Waals surface area contributed by atoms with Crippen molar-refractivity contribution >= 4 is 50.2 Å². The standard InChI is InChI=1S/C44H51N5/c1-42(2,3)29-16-19-38-40(24-29)46(10)28-48(38)34-23-31(44(7,8)9)22-33(26-34)47(11)32-17-18-36-35-14-12-13-15-37(35)49(39(36)27-32)41-25-30(20-21-45-41)43(4,5)6/h12-27H,28H2,1-11H3. The van der Waals surface area contributed by atoms with Crippen LogP contribution in [0.2, 0.25) is 0 Å². The second-order valence-corrected chi connectivity index (χ2v) is 17.0. The van der Waals surface area contributed by atoms with E-state index < -0.39 is 0 Å². The van der Waals surface area contributed by atoms with Crippen LogP contribution in [-0.4, -0.2) is 30.3 Å². The van der Waals surface area contributed by atoms with Crippen molar-refractivity contribution in [3.63, 3.8) is 0 Å². The van der Waals surface area contributed by atoms with Crippen molar-refractivity contribution in [3.8, 4) is 5.82 Å². The number of benzene rings is 4. The summed E-state index contributed by atoms with van der Waals surface area (Å²) in [6, 6.07) is 34.0. The van der Waals surface area contributed by atoms with Gasteiger partial charge in [-0.3, -0.25) is 4.57 Å². The van der Waals surface area contributed by atoms with Crippen LogP contribution in [0.15, 0.2) is 97.2 Å². The lowest BCUT2D eigenvalue weighted by molar-refractivity contribution is 0.588. The molecule has 1 aliphatic heterocycles. The van der Waals surface area contributed by atoms with Crippen molar-refractivity contribution in [3.05, 3.63) is 114 Å². The molecule has 0 unspecified atom stereocenters. The zero-order valence-corrected chi connectivity index (χ0v) is 31.2. The van der Waals surface area contributed by atoms with Crippen LogP contribution in [0, 0.1) is 0 Å². The molecule has 4 aromatic carbocycles. The summed E-state index contributed by atoms with van der Waals surface area (Å²) in [4.78, 5) is 12.1. The molecule has 49 heavy (non-hydrogen) atoms. The Morgan fingerprint density at radius 1 is 0.592 bits per heavy atom. The summed E-state index contributed by atoms with van der Waals surface area (Å²) in [6.07, 6.45) is 1.95. The first-order valence-corrected chi connectivity index (χ1v) is 17.5. The Bertz CT molecular complexity index is 2200. The van der Waals surface area contributed by atoms with E-state index in [2.05, 4.69) is 187 Å². The lowest BCUT2D eigenvalue weighted by Gasteiger charge is -2.29. The number of nitrogens with zero attached hydrogens (tertiary/aromatic N) is 5. The minimum absolute atomic E-state index is 0.0176. The highest BCUT2D eigenvalue weighted by Gasteiger charge is 2.29. The lowest BCUT2D eigenvalue weighted by Crippen LogP contribution is -2.25. The molecule has 1 aliphatic rings. The van der Waals surface area contributed by atoms with Crippen molar-refractivity contribution in [1.82, 2.24) is 9.55 Å². The maximum atomic E-state index is 4.91. The molecule has 5 heteroatoms. The lowest BCUT2D eigenvalue weighted by atomic mass is 9.86. The molecule has 0 amide bonds. The topological polar surface area (TPSA) is 27.5 Å². The molecule has 0 atom stereocenters. The predicted octanol–water partition coefficient (Wildman–Crippen LogP) is 11.4. The van der Waals surface area contributed by atoms with Crippen molar-refractivity contribution in [2.75, 3.05) is 35.5 Å². The number of anilines is 5. The SMILES string of the molecule is CN1CN(c2cc(N(C)c3ccc4c5ccccc5n(-c5cc(C(C)(C)C)ccn5)c4c3)cc(C(C)(C)C)c2)c2ccc(C(C)(C)C)cc21. The molecule has 0 radical (unpaired) electrons. The van der Waals surface area contributed by atoms with Gasteiger partial charge in [0, 0.05) is 48.1 Å². The molecule has 0 spiro atoms. The van der Waals surface area contributed by atoms with E-state index in [4.69, 9.17) is 4.98 Å². The van der Waals surface area contributed by atoms with Gasteiger partial charge < -0.3 is 14.7 Å². The molecule has 252 valence electrons. The molecule has 0 N–H and O–H groups in total. The first kappa shape index (κ1) is 32.8. The van der Waals surface area contributed by atoms with E-state index in [1.165, 1.54) is 55.7 Å². The van der Waals surface area contributed by atoms with E-state index in [1.54, 1.807) is 0 Å². The summed E-state index contributed by atoms with van der Waals surface area (Å²) in [5, 5.41) is 2.46. The fraction of sp³-hybridized carbons (Fsp3) is 0.341. The van der Waals surface area contributed by atoms with Gasteiger partial charge in [0.1, 0.15) is 5.82 Å². The van der Waals surface area contributed by atoms with Gasteiger partial charge in [-0.15, -0.1) is 0 Å². The van der Waals surface area contributed by atoms with Crippen molar-refractivity contribution in [2.45, 2.75) is 78.6 Å². The average Bonchev–Trinajstić information content (AvgIpc) is 3.57. The van der Waals surface area contributed by atoms with Gasteiger partial charge in [0.2, 0.25) is 0 Å². The number of hydrogen-bond acceptors (Lipinski definition) is 4. The number of fused-ring (bicyclic) bond motifs is 4. The van der Waals surface area contributed by atoms with E-state index >= 15 is 0 Å². The Morgan fingerprint density at radius 3 is 1.98 bits per heavy atom. The normalized spacial score (nSPS) is 13.9. The highest BCUT2D eigenvalue weighted by molar-refractivity contribution is 6.10. The van der Waals surface area contributed by atoms with Gasteiger partial charge in [0.15, 0.2) is 0 Å². The number of aromatic nitrogens is 2. The van der Waals surface area contributed by atoms with Crippen LogP contribution in [0.25, 0.3) is 27.6 Å². The highest BCUT2D eigenvalue weighted by Crippen LogP contribution is 2.45. The molecular formula is C44H51N5. The Kier molecular flexibility index (Phi) is 7.62. The summed E-state index contributed by atoms with van der Waals surface area (Å²) in [5.74, 6) is 0.946. The third kappa shape index (κ3) is 5.83. The fourth-order valence-electron chi connectivity index (χ4n) is 7.06. The van der Waals surface area contributed by atoms with E-state index in [1.807, 2.05) is 6.20 Å². The van der Waals surface area contributed by atoms with Crippen molar-refractivity contribution in [2.24, 2.45) is 0 Å². The molecule has 0 bridgehead atoms. The van der Waals surface area contributed by atoms with Crippen LogP contribution in [0.1, 0.15) is 79.0 Å². The smallest absolute Gasteiger partial charge is 0.137 e. The van der Waals surface area contributed by atoms with Crippen LogP contribution in [-0.2, 0) is 16.2 Å². The molecule has 7 rings (SSSR count). The van der Waals surface area contributed by atoms with Crippen LogP contribution in [0.3, 0.4) is 0 Å². The predicted molar refractivity (Wildman–Crippen MR) is 211 cm³/mol. The van der Waals surface area contributed by atoms with Gasteiger partial charge in [-0.05, 0) is 93.6 Å². The molecule has 0 saturated carbocycles. The van der Waals surface area contributed by atoms with Crippen molar-refractivity contribution < 1.29 is 0 Å². The minimum atomic E-state index is -0.0176. The Hall–Kier alpha value is -4.77. The minimum Gasteiger partial charge on any atom is -0.355 e. The summed E-state index contributed by atoms with van der Waals surface area (Å²) in [7, 11) is 4.39. The van der Waals surface area contributed by atoms with Gasteiger partial charge in [0.05, 0.1) is 29.1 Å². The summed E-state index contributed by atoms with van der Waals surface area (Å²) in [6.45, 7) is 21.3. The Morgan fingerprint density at radius 2 is 1.27 bits per heavy atom. The largest absolute Gasteiger partial charge is 0.355 e. The number of hydrogen-bond donors (Lipinski definition) is 0. The summed E-state index contributed by atoms with van der Waals surface area (Å²) < 4.78 is 2.33. The maximum absolute atomic E-state index is 4.91. The van der Waals surface area contributed by atoms with Gasteiger partial charge in [-0.25, -0.2) is 4.98 Å². The quantitative estimate of drug-likeness (QED) is 0.190. The molecule has 3 heterocycles. The van der Waals surface area contributed by atoms with Gasteiger partial charge in [-0.2, -0.15) is 0 Å². The number of pyridine rings is 1. The third-order valence-electron chi connectivity index (χ3n) is 10.2. The summed E-state index contributed by atoms with van der Waals surface area (Å²) >= 11 is 0. The number of rotatable bonds is 4. The van der Waals surface area contributed by atoms with Crippen LogP contribution in [0.5, 0.6) is 0 Å². The first-order valence-electron chi connectivity index (χ1n) is 17.5. The second kappa shape index (κ2) is 11.4. The molecular weight excluding hydrogens is 599 g/mol. The second-order valence-electron chi connectivity index (χ2n) is 17.0. The van der Waals surface area contributed by atoms with E-state index in [0.717, 1.165) is 23.7 Å². The molecule has 0 aliphatic carbocycles. The van der Waals surface area contributed by atoms with Crippen molar-refractivity contribution in [1.29, 1.82) is 0 Å². The molecule has 2 aromatic heterocycles. The van der Waals surface area contributed by atoms with Crippen LogP contribution < -0.4 is 14.7 Å². The zero-order valence-electron chi connectivity index (χ0n) is 31.2. The highest BCUT2D eigenvalue weighted by atomic mass is 15.4. The Labute approximate surface area is 292 Å². The maximum Gasteiger partial charge on any atom is 0.137 e. The van der Waals surface area contributed by atoms with E-state index in [9.17, 15) is 0 Å². The zero-order chi connectivity index (χ0) is 35.0. The molecule has 0 saturated heterocycles. The van der Waals surface area contributed by atoms with E-state index in [0.29, 0.717) is 0 Å². The first-order chi connectivity index (χ1) is 23.0. The Balaban J connectivity index is 1.36. The summed E-state index contributed by atoms with van der Waals surface area (Å²) in [5.41, 5.74) is 12.4. The average molecular weight is 650 g/mol. The molecule has 6 aromatic rings. The van der Waals surface area contributed by atoms with Gasteiger partial charge >= 0.3 is 0 Å². The van der Waals surface area contributed by atoms with Gasteiger partial charge in [0.25, 0.3) is 0 Å². The fourth-order valence-corrected chi connectivity index (χ4v) is 7.06. The monoisotopic (exact) mass is 649 g/mol. The van der Waals surface area contributed by atoms with Crippen LogP contribution in [0.4, 0.5) is 28.4 Å². The van der Waals surface area contributed by atoms with Crippen LogP contribution >= 0.6 is 0 Å². The number of para-hydroxylation sites is 1. The molecule has 5 nitrogen and oxygen atoms in total.